The van der Waals surface area contributed by atoms with Gasteiger partial charge in [-0.25, -0.2) is 13.6 Å². The highest BCUT2D eigenvalue weighted by atomic mass is 19.1. The summed E-state index contributed by atoms with van der Waals surface area (Å²) in [6.07, 6.45) is -1.48. The summed E-state index contributed by atoms with van der Waals surface area (Å²) >= 11 is 0. The van der Waals surface area contributed by atoms with E-state index in [1.165, 1.54) is 6.07 Å². The molecule has 0 fully saturated rings. The molecule has 0 heterocycles. The first-order valence-corrected chi connectivity index (χ1v) is 7.77. The van der Waals surface area contributed by atoms with E-state index < -0.39 is 29.3 Å². The van der Waals surface area contributed by atoms with Crippen LogP contribution < -0.4 is 10.6 Å². The van der Waals surface area contributed by atoms with Gasteiger partial charge in [-0.05, 0) is 43.9 Å². The van der Waals surface area contributed by atoms with E-state index in [1.807, 2.05) is 37.2 Å². The molecular weight excluding hydrogens is 328 g/mol. The van der Waals surface area contributed by atoms with Crippen molar-refractivity contribution in [3.05, 3.63) is 65.2 Å². The molecular formula is C18H21F2N3O2. The number of aliphatic hydroxyl groups excluding tert-OH is 1. The predicted octanol–water partition coefficient (Wildman–Crippen LogP) is 2.88. The van der Waals surface area contributed by atoms with Crippen LogP contribution in [0.15, 0.2) is 42.5 Å². The van der Waals surface area contributed by atoms with Crippen LogP contribution in [0.4, 0.5) is 19.3 Å². The van der Waals surface area contributed by atoms with Crippen LogP contribution >= 0.6 is 0 Å². The molecule has 2 aromatic rings. The van der Waals surface area contributed by atoms with Gasteiger partial charge in [-0.2, -0.15) is 0 Å². The van der Waals surface area contributed by atoms with Gasteiger partial charge in [-0.3, -0.25) is 0 Å². The monoisotopic (exact) mass is 349 g/mol. The van der Waals surface area contributed by atoms with E-state index in [9.17, 15) is 18.7 Å². The van der Waals surface area contributed by atoms with Crippen molar-refractivity contribution in [1.29, 1.82) is 0 Å². The summed E-state index contributed by atoms with van der Waals surface area (Å²) in [4.78, 5) is 13.9. The molecule has 25 heavy (non-hydrogen) atoms. The van der Waals surface area contributed by atoms with E-state index >= 15 is 0 Å². The highest BCUT2D eigenvalue weighted by Gasteiger charge is 2.18. The highest BCUT2D eigenvalue weighted by molar-refractivity contribution is 5.89. The number of benzene rings is 2. The Morgan fingerprint density at radius 3 is 2.44 bits per heavy atom. The van der Waals surface area contributed by atoms with Crippen LogP contribution in [0.1, 0.15) is 17.2 Å². The lowest BCUT2D eigenvalue weighted by atomic mass is 10.1. The molecule has 0 aliphatic rings. The van der Waals surface area contributed by atoms with Crippen LogP contribution in [0.3, 0.4) is 0 Å². The Balaban J connectivity index is 1.92. The van der Waals surface area contributed by atoms with E-state index in [1.54, 1.807) is 6.07 Å². The van der Waals surface area contributed by atoms with E-state index in [0.717, 1.165) is 24.2 Å². The number of carbonyl (C=O) groups excluding carboxylic acids is 1. The summed E-state index contributed by atoms with van der Waals surface area (Å²) in [5, 5.41) is 14.9. The van der Waals surface area contributed by atoms with Crippen LogP contribution in [0.25, 0.3) is 0 Å². The van der Waals surface area contributed by atoms with Gasteiger partial charge in [0.1, 0.15) is 17.7 Å². The van der Waals surface area contributed by atoms with Crippen LogP contribution in [-0.4, -0.2) is 36.7 Å². The fourth-order valence-electron chi connectivity index (χ4n) is 2.41. The minimum atomic E-state index is -1.48. The van der Waals surface area contributed by atoms with Gasteiger partial charge in [0.05, 0.1) is 5.56 Å². The maximum absolute atomic E-state index is 13.6. The number of nitrogens with one attached hydrogen (secondary N) is 2. The van der Waals surface area contributed by atoms with Crippen molar-refractivity contribution < 1.29 is 18.7 Å². The van der Waals surface area contributed by atoms with Crippen molar-refractivity contribution in [3.63, 3.8) is 0 Å². The molecule has 0 spiro atoms. The lowest BCUT2D eigenvalue weighted by Crippen LogP contribution is -2.32. The van der Waals surface area contributed by atoms with Crippen LogP contribution in [0, 0.1) is 11.6 Å². The molecule has 2 amide bonds. The Bertz CT molecular complexity index is 718. The molecule has 7 heteroatoms. The zero-order valence-corrected chi connectivity index (χ0v) is 14.1. The number of carbonyl (C=O) groups is 1. The molecule has 3 N–H and O–H groups in total. The van der Waals surface area contributed by atoms with Crippen molar-refractivity contribution in [2.24, 2.45) is 0 Å². The van der Waals surface area contributed by atoms with Gasteiger partial charge < -0.3 is 20.6 Å². The second-order valence-electron chi connectivity index (χ2n) is 5.92. The van der Waals surface area contributed by atoms with Gasteiger partial charge in [-0.1, -0.05) is 18.2 Å². The molecule has 2 aromatic carbocycles. The van der Waals surface area contributed by atoms with E-state index in [0.29, 0.717) is 5.69 Å². The van der Waals surface area contributed by atoms with Gasteiger partial charge in [0, 0.05) is 18.8 Å². The van der Waals surface area contributed by atoms with Crippen molar-refractivity contribution in [2.75, 3.05) is 26.0 Å². The maximum Gasteiger partial charge on any atom is 0.319 e. The minimum Gasteiger partial charge on any atom is -0.386 e. The number of amides is 2. The normalized spacial score (nSPS) is 12.1. The molecule has 0 radical (unpaired) electrons. The third kappa shape index (κ3) is 5.51. The molecule has 0 aliphatic carbocycles. The third-order valence-corrected chi connectivity index (χ3v) is 3.47. The first-order valence-electron chi connectivity index (χ1n) is 7.77. The quantitative estimate of drug-likeness (QED) is 0.751. The Morgan fingerprint density at radius 2 is 1.80 bits per heavy atom. The fraction of sp³-hybridized carbons (Fsp3) is 0.278. The van der Waals surface area contributed by atoms with E-state index in [4.69, 9.17) is 0 Å². The van der Waals surface area contributed by atoms with Gasteiger partial charge in [0.2, 0.25) is 0 Å². The smallest absolute Gasteiger partial charge is 0.319 e. The molecule has 0 aromatic heterocycles. The first-order chi connectivity index (χ1) is 11.9. The summed E-state index contributed by atoms with van der Waals surface area (Å²) in [5.74, 6) is -1.71. The molecule has 0 saturated carbocycles. The van der Waals surface area contributed by atoms with Gasteiger partial charge in [-0.15, -0.1) is 0 Å². The summed E-state index contributed by atoms with van der Waals surface area (Å²) in [5.41, 5.74) is 1.15. The molecule has 2 rings (SSSR count). The van der Waals surface area contributed by atoms with Crippen LogP contribution in [0.5, 0.6) is 0 Å². The lowest BCUT2D eigenvalue weighted by Gasteiger charge is -2.15. The molecule has 0 saturated heterocycles. The number of hydrogen-bond donors (Lipinski definition) is 3. The topological polar surface area (TPSA) is 64.6 Å². The second kappa shape index (κ2) is 8.55. The zero-order valence-electron chi connectivity index (χ0n) is 14.1. The summed E-state index contributed by atoms with van der Waals surface area (Å²) in [7, 11) is 3.88. The molecule has 134 valence electrons. The number of urea groups is 1. The van der Waals surface area contributed by atoms with Crippen LogP contribution in [0.2, 0.25) is 0 Å². The molecule has 5 nitrogen and oxygen atoms in total. The summed E-state index contributed by atoms with van der Waals surface area (Å²) in [6, 6.07) is 10.1. The Labute approximate surface area is 145 Å². The number of halogens is 2. The first kappa shape index (κ1) is 18.8. The summed E-state index contributed by atoms with van der Waals surface area (Å²) in [6.45, 7) is 0.406. The third-order valence-electron chi connectivity index (χ3n) is 3.47. The van der Waals surface area contributed by atoms with Gasteiger partial charge in [0.15, 0.2) is 0 Å². The van der Waals surface area contributed by atoms with Crippen LogP contribution in [-0.2, 0) is 6.54 Å². The Kier molecular flexibility index (Phi) is 6.44. The minimum absolute atomic E-state index is 0.318. The predicted molar refractivity (Wildman–Crippen MR) is 92.2 cm³/mol. The standard InChI is InChI=1S/C18H21F2N3O2/c1-23(2)11-12-5-3-6-13(9-12)22-18(25)21-10-16(24)17-14(19)7-4-8-15(17)20/h3-9,16,24H,10-11H2,1-2H3,(H2,21,22,25). The highest BCUT2D eigenvalue weighted by Crippen LogP contribution is 2.20. The van der Waals surface area contributed by atoms with E-state index in [-0.39, 0.29) is 6.54 Å². The Morgan fingerprint density at radius 1 is 1.16 bits per heavy atom. The fourth-order valence-corrected chi connectivity index (χ4v) is 2.41. The average molecular weight is 349 g/mol. The number of anilines is 1. The largest absolute Gasteiger partial charge is 0.386 e. The molecule has 1 unspecified atom stereocenters. The second-order valence-corrected chi connectivity index (χ2v) is 5.92. The van der Waals surface area contributed by atoms with Crippen molar-refractivity contribution in [2.45, 2.75) is 12.6 Å². The Hall–Kier alpha value is -2.51. The molecule has 0 aliphatic heterocycles. The van der Waals surface area contributed by atoms with Gasteiger partial charge >= 0.3 is 6.03 Å². The van der Waals surface area contributed by atoms with Gasteiger partial charge in [0.25, 0.3) is 0 Å². The molecule has 0 bridgehead atoms. The number of hydrogen-bond acceptors (Lipinski definition) is 3. The number of nitrogens with zero attached hydrogens (tertiary/aromatic N) is 1. The number of aliphatic hydroxyl groups is 1. The van der Waals surface area contributed by atoms with Crippen molar-refractivity contribution in [1.82, 2.24) is 10.2 Å². The zero-order chi connectivity index (χ0) is 18.4. The van der Waals surface area contributed by atoms with Crippen molar-refractivity contribution in [3.8, 4) is 0 Å². The maximum atomic E-state index is 13.6. The average Bonchev–Trinajstić information content (AvgIpc) is 2.52. The lowest BCUT2D eigenvalue weighted by molar-refractivity contribution is 0.166. The van der Waals surface area contributed by atoms with E-state index in [2.05, 4.69) is 10.6 Å². The molecule has 1 atom stereocenters. The van der Waals surface area contributed by atoms with Crippen molar-refractivity contribution >= 4 is 11.7 Å². The number of rotatable bonds is 6. The summed E-state index contributed by atoms with van der Waals surface area (Å²) < 4.78 is 27.2. The SMILES string of the molecule is CN(C)Cc1cccc(NC(=O)NCC(O)c2c(F)cccc2F)c1.